The summed E-state index contributed by atoms with van der Waals surface area (Å²) in [4.78, 5) is 19.2. The van der Waals surface area contributed by atoms with Crippen LogP contribution >= 0.6 is 11.8 Å². The van der Waals surface area contributed by atoms with Crippen molar-refractivity contribution in [3.05, 3.63) is 51.8 Å². The molecule has 2 aliphatic heterocycles. The highest BCUT2D eigenvalue weighted by atomic mass is 32.2. The topological polar surface area (TPSA) is 101 Å². The second kappa shape index (κ2) is 7.76. The van der Waals surface area contributed by atoms with Crippen LogP contribution in [0.5, 0.6) is 5.75 Å². The first-order valence-electron chi connectivity index (χ1n) is 8.58. The summed E-state index contributed by atoms with van der Waals surface area (Å²) in [5.41, 5.74) is 8.01. The van der Waals surface area contributed by atoms with Crippen molar-refractivity contribution < 1.29 is 14.3 Å². The molecular formula is C19H20N4O3S. The Kier molecular flexibility index (Phi) is 5.42. The van der Waals surface area contributed by atoms with Crippen LogP contribution in [0.25, 0.3) is 0 Å². The summed E-state index contributed by atoms with van der Waals surface area (Å²) in [5, 5.41) is 9.93. The van der Waals surface area contributed by atoms with Crippen LogP contribution in [0.4, 0.5) is 0 Å². The van der Waals surface area contributed by atoms with Gasteiger partial charge in [-0.15, -0.1) is 0 Å². The lowest BCUT2D eigenvalue weighted by Gasteiger charge is -2.34. The molecule has 0 bridgehead atoms. The average Bonchev–Trinajstić information content (AvgIpc) is 2.97. The van der Waals surface area contributed by atoms with Crippen molar-refractivity contribution in [2.45, 2.75) is 26.8 Å². The number of thioether (sulfide) groups is 1. The smallest absolute Gasteiger partial charge is 0.338 e. The van der Waals surface area contributed by atoms with Crippen LogP contribution in [-0.4, -0.2) is 29.3 Å². The predicted molar refractivity (Wildman–Crippen MR) is 103 cm³/mol. The number of aliphatic imine (C=N–C) groups is 1. The van der Waals surface area contributed by atoms with Gasteiger partial charge in [-0.1, -0.05) is 12.1 Å². The second-order valence-corrected chi connectivity index (χ2v) is 6.79. The Hall–Kier alpha value is -2.92. The van der Waals surface area contributed by atoms with E-state index in [-0.39, 0.29) is 12.4 Å². The van der Waals surface area contributed by atoms with E-state index in [4.69, 9.17) is 15.2 Å². The van der Waals surface area contributed by atoms with E-state index in [0.717, 1.165) is 11.3 Å². The standard InChI is InChI=1S/C19H20N4O3S/c1-4-25-13-8-6-12(7-9-13)16-15(18(24)26-5-2)11(3)22-19-23(16)17(21)14(10-20)27-19/h6-9,16H,4-5,21H2,1-3H3/t16-/m0/s1. The molecular weight excluding hydrogens is 364 g/mol. The van der Waals surface area contributed by atoms with E-state index >= 15 is 0 Å². The SMILES string of the molecule is CCOC(=O)C1=C(C)N=C2SC(C#N)=C(N)N2[C@H]1c1ccc(OCC)cc1. The molecule has 2 N–H and O–H groups in total. The first-order chi connectivity index (χ1) is 13.0. The van der Waals surface area contributed by atoms with E-state index in [0.29, 0.717) is 27.9 Å². The third kappa shape index (κ3) is 3.38. The van der Waals surface area contributed by atoms with Gasteiger partial charge in [0.1, 0.15) is 22.5 Å². The number of nitriles is 1. The van der Waals surface area contributed by atoms with Gasteiger partial charge in [-0.05, 0) is 50.2 Å². The molecule has 0 fully saturated rings. The highest BCUT2D eigenvalue weighted by Crippen LogP contribution is 2.45. The van der Waals surface area contributed by atoms with Crippen molar-refractivity contribution in [2.24, 2.45) is 10.7 Å². The van der Waals surface area contributed by atoms with Gasteiger partial charge in [0.05, 0.1) is 30.5 Å². The quantitative estimate of drug-likeness (QED) is 0.779. The van der Waals surface area contributed by atoms with Crippen LogP contribution in [-0.2, 0) is 9.53 Å². The number of ether oxygens (including phenoxy) is 2. The number of benzene rings is 1. The number of fused-ring (bicyclic) bond motifs is 1. The summed E-state index contributed by atoms with van der Waals surface area (Å²) in [6, 6.07) is 9.02. The molecule has 1 aromatic carbocycles. The molecule has 0 aromatic heterocycles. The normalized spacial score (nSPS) is 18.8. The van der Waals surface area contributed by atoms with Gasteiger partial charge in [-0.25, -0.2) is 9.79 Å². The number of carbonyl (C=O) groups excluding carboxylic acids is 1. The fraction of sp³-hybridized carbons (Fsp3) is 0.316. The zero-order chi connectivity index (χ0) is 19.6. The minimum atomic E-state index is -0.523. The number of esters is 1. The third-order valence-corrected chi connectivity index (χ3v) is 5.16. The van der Waals surface area contributed by atoms with Crippen LogP contribution < -0.4 is 10.5 Å². The molecule has 8 heteroatoms. The lowest BCUT2D eigenvalue weighted by molar-refractivity contribution is -0.139. The lowest BCUT2D eigenvalue weighted by atomic mass is 9.94. The first-order valence-corrected chi connectivity index (χ1v) is 9.39. The van der Waals surface area contributed by atoms with E-state index in [1.54, 1.807) is 18.7 Å². The number of nitrogens with zero attached hydrogens (tertiary/aromatic N) is 3. The molecule has 2 aliphatic rings. The average molecular weight is 384 g/mol. The number of rotatable bonds is 5. The molecule has 0 amide bonds. The van der Waals surface area contributed by atoms with Crippen molar-refractivity contribution in [3.63, 3.8) is 0 Å². The van der Waals surface area contributed by atoms with E-state index in [2.05, 4.69) is 11.1 Å². The number of nitrogens with two attached hydrogens (primary N) is 1. The highest BCUT2D eigenvalue weighted by Gasteiger charge is 2.42. The van der Waals surface area contributed by atoms with Gasteiger partial charge in [0.25, 0.3) is 0 Å². The number of carbonyl (C=O) groups is 1. The number of allylic oxidation sites excluding steroid dienone is 2. The Morgan fingerprint density at radius 1 is 1.33 bits per heavy atom. The summed E-state index contributed by atoms with van der Waals surface area (Å²) in [5.74, 6) is 0.579. The van der Waals surface area contributed by atoms with Crippen molar-refractivity contribution in [2.75, 3.05) is 13.2 Å². The molecule has 0 aliphatic carbocycles. The van der Waals surface area contributed by atoms with Gasteiger partial charge in [0.15, 0.2) is 5.17 Å². The van der Waals surface area contributed by atoms with Gasteiger partial charge in [0, 0.05) is 0 Å². The summed E-state index contributed by atoms with van der Waals surface area (Å²) < 4.78 is 10.8. The Balaban J connectivity index is 2.12. The summed E-state index contributed by atoms with van der Waals surface area (Å²) in [6.07, 6.45) is 0. The molecule has 0 unspecified atom stereocenters. The van der Waals surface area contributed by atoms with Gasteiger partial charge in [-0.2, -0.15) is 5.26 Å². The van der Waals surface area contributed by atoms with Crippen LogP contribution in [0.15, 0.2) is 51.3 Å². The molecule has 27 heavy (non-hydrogen) atoms. The molecule has 1 atom stereocenters. The van der Waals surface area contributed by atoms with Crippen LogP contribution in [0.2, 0.25) is 0 Å². The number of amidine groups is 1. The molecule has 0 saturated carbocycles. The number of hydrogen-bond acceptors (Lipinski definition) is 8. The molecule has 2 heterocycles. The van der Waals surface area contributed by atoms with Gasteiger partial charge in [0.2, 0.25) is 0 Å². The second-order valence-electron chi connectivity index (χ2n) is 5.82. The fourth-order valence-electron chi connectivity index (χ4n) is 3.04. The maximum absolute atomic E-state index is 12.7. The Morgan fingerprint density at radius 2 is 2.04 bits per heavy atom. The van der Waals surface area contributed by atoms with Crippen LogP contribution in [0.3, 0.4) is 0 Å². The molecule has 7 nitrogen and oxygen atoms in total. The summed E-state index contributed by atoms with van der Waals surface area (Å²) >= 11 is 1.20. The van der Waals surface area contributed by atoms with E-state index in [1.165, 1.54) is 11.8 Å². The van der Waals surface area contributed by atoms with Crippen LogP contribution in [0, 0.1) is 11.3 Å². The van der Waals surface area contributed by atoms with Crippen molar-refractivity contribution in [1.82, 2.24) is 4.90 Å². The van der Waals surface area contributed by atoms with E-state index < -0.39 is 12.0 Å². The summed E-state index contributed by atoms with van der Waals surface area (Å²) in [6.45, 7) is 6.26. The van der Waals surface area contributed by atoms with Crippen molar-refractivity contribution >= 4 is 22.9 Å². The minimum Gasteiger partial charge on any atom is -0.494 e. The molecule has 140 valence electrons. The van der Waals surface area contributed by atoms with Crippen molar-refractivity contribution in [3.8, 4) is 11.8 Å². The third-order valence-electron chi connectivity index (χ3n) is 4.18. The Morgan fingerprint density at radius 3 is 2.63 bits per heavy atom. The number of hydrogen-bond donors (Lipinski definition) is 1. The Bertz CT molecular complexity index is 897. The molecule has 1 aromatic rings. The van der Waals surface area contributed by atoms with Crippen LogP contribution in [0.1, 0.15) is 32.4 Å². The fourth-order valence-corrected chi connectivity index (χ4v) is 3.95. The molecule has 3 rings (SSSR count). The monoisotopic (exact) mass is 384 g/mol. The minimum absolute atomic E-state index is 0.256. The molecule has 0 radical (unpaired) electrons. The zero-order valence-corrected chi connectivity index (χ0v) is 16.2. The Labute approximate surface area is 162 Å². The van der Waals surface area contributed by atoms with E-state index in [1.807, 2.05) is 31.2 Å². The summed E-state index contributed by atoms with van der Waals surface area (Å²) in [7, 11) is 0. The lowest BCUT2D eigenvalue weighted by Crippen LogP contribution is -2.38. The highest BCUT2D eigenvalue weighted by molar-refractivity contribution is 8.17. The molecule has 0 saturated heterocycles. The maximum atomic E-state index is 12.7. The van der Waals surface area contributed by atoms with Crippen molar-refractivity contribution in [1.29, 1.82) is 5.26 Å². The molecule has 0 spiro atoms. The zero-order valence-electron chi connectivity index (χ0n) is 15.4. The van der Waals surface area contributed by atoms with Gasteiger partial charge < -0.3 is 15.2 Å². The van der Waals surface area contributed by atoms with Gasteiger partial charge >= 0.3 is 5.97 Å². The van der Waals surface area contributed by atoms with Gasteiger partial charge in [-0.3, -0.25) is 4.90 Å². The maximum Gasteiger partial charge on any atom is 0.338 e. The van der Waals surface area contributed by atoms with E-state index in [9.17, 15) is 10.1 Å². The predicted octanol–water partition coefficient (Wildman–Crippen LogP) is 3.03. The largest absolute Gasteiger partial charge is 0.494 e. The first kappa shape index (κ1) is 18.9.